The molecule has 2 N–H and O–H groups in total. The highest BCUT2D eigenvalue weighted by Crippen LogP contribution is 2.31. The zero-order chi connectivity index (χ0) is 17.6. The largest absolute Gasteiger partial charge is 0.504 e. The quantitative estimate of drug-likeness (QED) is 0.549. The molecule has 4 aromatic rings. The Morgan fingerprint density at radius 3 is 2.64 bits per heavy atom. The summed E-state index contributed by atoms with van der Waals surface area (Å²) in [6, 6.07) is 13.3. The number of aromatic nitrogens is 2. The Hall–Kier alpha value is -3.54. The molecule has 0 aliphatic heterocycles. The predicted molar refractivity (Wildman–Crippen MR) is 93.5 cm³/mol. The first-order chi connectivity index (χ1) is 12.0. The monoisotopic (exact) mass is 334 g/mol. The molecule has 0 radical (unpaired) electrons. The van der Waals surface area contributed by atoms with Gasteiger partial charge in [-0.3, -0.25) is 9.48 Å². The van der Waals surface area contributed by atoms with Gasteiger partial charge >= 0.3 is 0 Å². The molecule has 0 spiro atoms. The lowest BCUT2D eigenvalue weighted by Gasteiger charge is -2.02. The maximum Gasteiger partial charge on any atom is 0.202 e. The van der Waals surface area contributed by atoms with Gasteiger partial charge in [0.25, 0.3) is 0 Å². The summed E-state index contributed by atoms with van der Waals surface area (Å²) in [6.07, 6.45) is 1.43. The molecule has 4 rings (SSSR count). The van der Waals surface area contributed by atoms with Crippen LogP contribution in [0.2, 0.25) is 0 Å². The Balaban J connectivity index is 1.87. The van der Waals surface area contributed by atoms with Gasteiger partial charge in [-0.05, 0) is 36.4 Å². The van der Waals surface area contributed by atoms with E-state index in [4.69, 9.17) is 4.42 Å². The number of phenols is 2. The number of fused-ring (bicyclic) bond motifs is 1. The Kier molecular flexibility index (Phi) is 3.32. The SMILES string of the molecule is Cn1nc(-c2ccc(O)c(O)c2)cc1-c1coc2ccccc2c1=O. The molecule has 124 valence electrons. The van der Waals surface area contributed by atoms with E-state index < -0.39 is 0 Å². The molecule has 0 aliphatic rings. The average Bonchev–Trinajstić information content (AvgIpc) is 2.99. The van der Waals surface area contributed by atoms with Crippen LogP contribution in [0.25, 0.3) is 33.5 Å². The molecule has 0 aliphatic carbocycles. The third-order valence-electron chi connectivity index (χ3n) is 4.11. The molecule has 2 heterocycles. The minimum atomic E-state index is -0.227. The van der Waals surface area contributed by atoms with Crippen molar-refractivity contribution in [3.8, 4) is 34.0 Å². The van der Waals surface area contributed by atoms with E-state index in [1.54, 1.807) is 42.1 Å². The Morgan fingerprint density at radius 1 is 1.04 bits per heavy atom. The van der Waals surface area contributed by atoms with Crippen LogP contribution in [-0.4, -0.2) is 20.0 Å². The van der Waals surface area contributed by atoms with Crippen molar-refractivity contribution in [2.75, 3.05) is 0 Å². The lowest BCUT2D eigenvalue weighted by molar-refractivity contribution is 0.404. The summed E-state index contributed by atoms with van der Waals surface area (Å²) in [5.41, 5.74) is 2.60. The summed E-state index contributed by atoms with van der Waals surface area (Å²) in [4.78, 5) is 12.8. The van der Waals surface area contributed by atoms with Crippen LogP contribution >= 0.6 is 0 Å². The zero-order valence-electron chi connectivity index (χ0n) is 13.3. The van der Waals surface area contributed by atoms with Gasteiger partial charge < -0.3 is 14.6 Å². The minimum absolute atomic E-state index is 0.134. The van der Waals surface area contributed by atoms with E-state index in [9.17, 15) is 15.0 Å². The van der Waals surface area contributed by atoms with E-state index in [1.807, 2.05) is 6.07 Å². The summed E-state index contributed by atoms with van der Waals surface area (Å²) >= 11 is 0. The lowest BCUT2D eigenvalue weighted by Crippen LogP contribution is -2.07. The summed E-state index contributed by atoms with van der Waals surface area (Å²) in [5, 5.41) is 24.0. The van der Waals surface area contributed by atoms with Crippen molar-refractivity contribution in [1.29, 1.82) is 0 Å². The molecular formula is C19H14N2O4. The van der Waals surface area contributed by atoms with Gasteiger partial charge in [-0.1, -0.05) is 12.1 Å². The fourth-order valence-electron chi connectivity index (χ4n) is 2.80. The van der Waals surface area contributed by atoms with Crippen LogP contribution in [0.1, 0.15) is 0 Å². The number of aromatic hydroxyl groups is 2. The van der Waals surface area contributed by atoms with Gasteiger partial charge in [0.05, 0.1) is 22.3 Å². The number of rotatable bonds is 2. The molecule has 25 heavy (non-hydrogen) atoms. The summed E-state index contributed by atoms with van der Waals surface area (Å²) in [5.74, 6) is -0.426. The van der Waals surface area contributed by atoms with Crippen molar-refractivity contribution in [2.45, 2.75) is 0 Å². The number of hydrogen-bond donors (Lipinski definition) is 2. The molecule has 2 aromatic carbocycles. The fraction of sp³-hybridized carbons (Fsp3) is 0.0526. The summed E-state index contributed by atoms with van der Waals surface area (Å²) in [6.45, 7) is 0. The standard InChI is InChI=1S/C19H14N2O4/c1-21-15(9-14(20-21)11-6-7-16(22)17(23)8-11)13-10-25-18-5-3-2-4-12(18)19(13)24/h2-10,22-23H,1H3. The Labute approximate surface area is 142 Å². The predicted octanol–water partition coefficient (Wildman–Crippen LogP) is 3.27. The highest BCUT2D eigenvalue weighted by atomic mass is 16.3. The highest BCUT2D eigenvalue weighted by Gasteiger charge is 2.15. The topological polar surface area (TPSA) is 88.5 Å². The first kappa shape index (κ1) is 15.0. The number of aryl methyl sites for hydroxylation is 1. The average molecular weight is 334 g/mol. The first-order valence-electron chi connectivity index (χ1n) is 7.62. The second kappa shape index (κ2) is 5.52. The van der Waals surface area contributed by atoms with Crippen molar-refractivity contribution < 1.29 is 14.6 Å². The van der Waals surface area contributed by atoms with Crippen LogP contribution in [-0.2, 0) is 7.05 Å². The van der Waals surface area contributed by atoms with Gasteiger partial charge in [-0.25, -0.2) is 0 Å². The second-order valence-electron chi connectivity index (χ2n) is 5.72. The van der Waals surface area contributed by atoms with E-state index in [-0.39, 0.29) is 16.9 Å². The van der Waals surface area contributed by atoms with E-state index >= 15 is 0 Å². The van der Waals surface area contributed by atoms with Gasteiger partial charge in [0.1, 0.15) is 11.8 Å². The summed E-state index contributed by atoms with van der Waals surface area (Å²) in [7, 11) is 1.73. The van der Waals surface area contributed by atoms with Crippen LogP contribution in [0, 0.1) is 0 Å². The fourth-order valence-corrected chi connectivity index (χ4v) is 2.80. The van der Waals surface area contributed by atoms with Gasteiger partial charge in [0.15, 0.2) is 11.5 Å². The third kappa shape index (κ3) is 2.44. The van der Waals surface area contributed by atoms with E-state index in [0.29, 0.717) is 33.5 Å². The van der Waals surface area contributed by atoms with Crippen molar-refractivity contribution in [3.05, 3.63) is 65.0 Å². The van der Waals surface area contributed by atoms with Crippen LogP contribution < -0.4 is 5.43 Å². The zero-order valence-corrected chi connectivity index (χ0v) is 13.3. The number of nitrogens with zero attached hydrogens (tertiary/aromatic N) is 2. The molecule has 0 amide bonds. The van der Waals surface area contributed by atoms with E-state index in [0.717, 1.165) is 0 Å². The van der Waals surface area contributed by atoms with Gasteiger partial charge in [0.2, 0.25) is 5.43 Å². The number of phenolic OH excluding ortho intramolecular Hbond substituents is 2. The molecule has 0 fully saturated rings. The number of benzene rings is 2. The Bertz CT molecular complexity index is 1160. The molecule has 0 bridgehead atoms. The normalized spacial score (nSPS) is 11.1. The summed E-state index contributed by atoms with van der Waals surface area (Å²) < 4.78 is 7.15. The number of para-hydroxylation sites is 1. The first-order valence-corrected chi connectivity index (χ1v) is 7.62. The second-order valence-corrected chi connectivity index (χ2v) is 5.72. The maximum atomic E-state index is 12.8. The molecule has 6 heteroatoms. The highest BCUT2D eigenvalue weighted by molar-refractivity contribution is 5.81. The molecule has 6 nitrogen and oxygen atoms in total. The van der Waals surface area contributed by atoms with Gasteiger partial charge in [-0.15, -0.1) is 0 Å². The van der Waals surface area contributed by atoms with Gasteiger partial charge in [-0.2, -0.15) is 5.10 Å². The maximum absolute atomic E-state index is 12.8. The molecular weight excluding hydrogens is 320 g/mol. The molecule has 0 atom stereocenters. The van der Waals surface area contributed by atoms with Gasteiger partial charge in [0, 0.05) is 12.6 Å². The molecule has 0 saturated heterocycles. The van der Waals surface area contributed by atoms with Crippen molar-refractivity contribution in [2.24, 2.45) is 7.05 Å². The Morgan fingerprint density at radius 2 is 1.84 bits per heavy atom. The lowest BCUT2D eigenvalue weighted by atomic mass is 10.1. The number of hydrogen-bond acceptors (Lipinski definition) is 5. The van der Waals surface area contributed by atoms with Crippen LogP contribution in [0.4, 0.5) is 0 Å². The van der Waals surface area contributed by atoms with E-state index in [2.05, 4.69) is 5.10 Å². The van der Waals surface area contributed by atoms with Crippen LogP contribution in [0.3, 0.4) is 0 Å². The third-order valence-corrected chi connectivity index (χ3v) is 4.11. The van der Waals surface area contributed by atoms with Crippen LogP contribution in [0.5, 0.6) is 11.5 Å². The van der Waals surface area contributed by atoms with Crippen molar-refractivity contribution in [1.82, 2.24) is 9.78 Å². The molecule has 0 saturated carbocycles. The van der Waals surface area contributed by atoms with Crippen molar-refractivity contribution >= 4 is 11.0 Å². The smallest absolute Gasteiger partial charge is 0.202 e. The van der Waals surface area contributed by atoms with Crippen LogP contribution in [0.15, 0.2) is 64.0 Å². The van der Waals surface area contributed by atoms with E-state index in [1.165, 1.54) is 18.4 Å². The molecule has 0 unspecified atom stereocenters. The minimum Gasteiger partial charge on any atom is -0.504 e. The van der Waals surface area contributed by atoms with Crippen molar-refractivity contribution in [3.63, 3.8) is 0 Å². The molecule has 2 aromatic heterocycles.